The zero-order valence-electron chi connectivity index (χ0n) is 15.5. The van der Waals surface area contributed by atoms with Crippen LogP contribution in [0.3, 0.4) is 0 Å². The minimum Gasteiger partial charge on any atom is -0.462 e. The van der Waals surface area contributed by atoms with Crippen molar-refractivity contribution >= 4 is 5.69 Å². The van der Waals surface area contributed by atoms with Crippen LogP contribution in [0.25, 0.3) is 0 Å². The summed E-state index contributed by atoms with van der Waals surface area (Å²) in [6.07, 6.45) is -13.3. The van der Waals surface area contributed by atoms with Crippen LogP contribution in [0.1, 0.15) is 0 Å². The van der Waals surface area contributed by atoms with Crippen LogP contribution in [0.15, 0.2) is 24.3 Å². The van der Waals surface area contributed by atoms with Gasteiger partial charge in [0.15, 0.2) is 6.29 Å². The zero-order valence-corrected chi connectivity index (χ0v) is 15.5. The summed E-state index contributed by atoms with van der Waals surface area (Å²) in [5, 5.41) is 70.1. The SMILES string of the molecule is O=[N+]([O-])c1ccc(O[C@@H]2OC[C@@H](O[C@@H]3O[C@H](CO)[C@@H](O)[C@H](O)[C@H]3O)[C@H](O)[C@H]2O)cc1. The van der Waals surface area contributed by atoms with Crippen molar-refractivity contribution in [3.63, 3.8) is 0 Å². The number of nitro benzene ring substituents is 1. The zero-order chi connectivity index (χ0) is 22.0. The number of aliphatic hydroxyl groups excluding tert-OH is 6. The predicted octanol–water partition coefficient (Wildman–Crippen LogP) is -2.76. The summed E-state index contributed by atoms with van der Waals surface area (Å²) >= 11 is 0. The van der Waals surface area contributed by atoms with Gasteiger partial charge in [0.2, 0.25) is 6.29 Å². The Balaban J connectivity index is 1.60. The highest BCUT2D eigenvalue weighted by Gasteiger charge is 2.48. The summed E-state index contributed by atoms with van der Waals surface area (Å²) in [6, 6.07) is 5.01. The van der Waals surface area contributed by atoms with Crippen molar-refractivity contribution in [2.24, 2.45) is 0 Å². The first-order valence-corrected chi connectivity index (χ1v) is 9.07. The molecule has 2 aliphatic heterocycles. The van der Waals surface area contributed by atoms with Crippen LogP contribution in [0.5, 0.6) is 5.75 Å². The van der Waals surface area contributed by atoms with E-state index in [9.17, 15) is 40.8 Å². The molecule has 0 spiro atoms. The van der Waals surface area contributed by atoms with E-state index in [1.54, 1.807) is 0 Å². The van der Waals surface area contributed by atoms with Crippen LogP contribution in [0.4, 0.5) is 5.69 Å². The molecule has 13 heteroatoms. The van der Waals surface area contributed by atoms with Gasteiger partial charge in [-0.2, -0.15) is 0 Å². The highest BCUT2D eigenvalue weighted by molar-refractivity contribution is 5.36. The number of hydrogen-bond acceptors (Lipinski definition) is 12. The van der Waals surface area contributed by atoms with Crippen molar-refractivity contribution in [1.29, 1.82) is 0 Å². The molecule has 0 unspecified atom stereocenters. The summed E-state index contributed by atoms with van der Waals surface area (Å²) in [4.78, 5) is 10.1. The van der Waals surface area contributed by atoms with Gasteiger partial charge in [-0.15, -0.1) is 0 Å². The van der Waals surface area contributed by atoms with E-state index >= 15 is 0 Å². The van der Waals surface area contributed by atoms with E-state index in [4.69, 9.17) is 18.9 Å². The molecule has 2 heterocycles. The van der Waals surface area contributed by atoms with Crippen molar-refractivity contribution in [3.8, 4) is 5.75 Å². The molecule has 13 nitrogen and oxygen atoms in total. The summed E-state index contributed by atoms with van der Waals surface area (Å²) in [5.74, 6) is 0.158. The maximum absolute atomic E-state index is 10.7. The maximum Gasteiger partial charge on any atom is 0.269 e. The second kappa shape index (κ2) is 9.47. The second-order valence-electron chi connectivity index (χ2n) is 6.92. The molecule has 0 radical (unpaired) electrons. The fourth-order valence-corrected chi connectivity index (χ4v) is 3.12. The van der Waals surface area contributed by atoms with Gasteiger partial charge in [0.05, 0.1) is 18.1 Å². The summed E-state index contributed by atoms with van der Waals surface area (Å²) in [7, 11) is 0. The molecule has 6 N–H and O–H groups in total. The van der Waals surface area contributed by atoms with Gasteiger partial charge < -0.3 is 49.6 Å². The topological polar surface area (TPSA) is 201 Å². The van der Waals surface area contributed by atoms with Gasteiger partial charge in [0.25, 0.3) is 5.69 Å². The standard InChI is InChI=1S/C17H23NO12/c19-5-9-11(20)13(22)15(24)17(29-9)30-10-6-27-16(14(23)12(10)21)28-8-3-1-7(2-4-8)18(25)26/h1-4,9-17,19-24H,5-6H2/t9-,10-,11-,12+,13+,14-,15-,16+,17+/m1/s1. The molecule has 2 saturated heterocycles. The van der Waals surface area contributed by atoms with Crippen LogP contribution in [0.2, 0.25) is 0 Å². The second-order valence-corrected chi connectivity index (χ2v) is 6.92. The highest BCUT2D eigenvalue weighted by atomic mass is 16.7. The van der Waals surface area contributed by atoms with Crippen LogP contribution in [-0.4, -0.2) is 104 Å². The lowest BCUT2D eigenvalue weighted by atomic mass is 9.99. The van der Waals surface area contributed by atoms with Crippen LogP contribution < -0.4 is 4.74 Å². The molecule has 0 aliphatic carbocycles. The van der Waals surface area contributed by atoms with E-state index < -0.39 is 66.8 Å². The van der Waals surface area contributed by atoms with Gasteiger partial charge in [0.1, 0.15) is 48.5 Å². The van der Waals surface area contributed by atoms with E-state index in [2.05, 4.69) is 0 Å². The average molecular weight is 433 g/mol. The van der Waals surface area contributed by atoms with Crippen LogP contribution >= 0.6 is 0 Å². The Morgan fingerprint density at radius 2 is 1.60 bits per heavy atom. The monoisotopic (exact) mass is 433 g/mol. The summed E-state index contributed by atoms with van der Waals surface area (Å²) < 4.78 is 21.3. The minimum absolute atomic E-state index is 0.152. The summed E-state index contributed by atoms with van der Waals surface area (Å²) in [5.41, 5.74) is -0.152. The number of nitrogens with zero attached hydrogens (tertiary/aromatic N) is 1. The Morgan fingerprint density at radius 1 is 0.967 bits per heavy atom. The molecule has 168 valence electrons. The Morgan fingerprint density at radius 3 is 2.20 bits per heavy atom. The Bertz CT molecular complexity index is 715. The third kappa shape index (κ3) is 4.69. The largest absolute Gasteiger partial charge is 0.462 e. The molecular formula is C17H23NO12. The fourth-order valence-electron chi connectivity index (χ4n) is 3.12. The Labute approximate surface area is 169 Å². The van der Waals surface area contributed by atoms with Crippen molar-refractivity contribution in [3.05, 3.63) is 34.4 Å². The third-order valence-electron chi connectivity index (χ3n) is 4.89. The van der Waals surface area contributed by atoms with Crippen molar-refractivity contribution < 1.29 is 54.5 Å². The Hall–Kier alpha value is -1.94. The first kappa shape index (κ1) is 22.7. The van der Waals surface area contributed by atoms with E-state index in [1.165, 1.54) is 24.3 Å². The molecular weight excluding hydrogens is 410 g/mol. The molecule has 9 atom stereocenters. The quantitative estimate of drug-likeness (QED) is 0.200. The molecule has 0 amide bonds. The highest BCUT2D eigenvalue weighted by Crippen LogP contribution is 2.27. The van der Waals surface area contributed by atoms with Gasteiger partial charge in [-0.3, -0.25) is 10.1 Å². The molecule has 0 saturated carbocycles. The summed E-state index contributed by atoms with van der Waals surface area (Å²) in [6.45, 7) is -0.951. The first-order chi connectivity index (χ1) is 14.2. The predicted molar refractivity (Wildman–Crippen MR) is 94.1 cm³/mol. The normalized spacial score (nSPS) is 39.5. The van der Waals surface area contributed by atoms with Crippen molar-refractivity contribution in [2.45, 2.75) is 55.3 Å². The third-order valence-corrected chi connectivity index (χ3v) is 4.89. The molecule has 3 rings (SSSR count). The molecule has 0 bridgehead atoms. The lowest BCUT2D eigenvalue weighted by Gasteiger charge is -2.43. The van der Waals surface area contributed by atoms with E-state index in [-0.39, 0.29) is 18.0 Å². The molecule has 1 aromatic carbocycles. The number of ether oxygens (including phenoxy) is 4. The molecule has 1 aromatic rings. The number of nitro groups is 1. The van der Waals surface area contributed by atoms with Gasteiger partial charge in [-0.25, -0.2) is 0 Å². The number of hydrogen-bond donors (Lipinski definition) is 6. The van der Waals surface area contributed by atoms with Crippen LogP contribution in [-0.2, 0) is 14.2 Å². The smallest absolute Gasteiger partial charge is 0.269 e. The molecule has 0 aromatic heterocycles. The molecule has 30 heavy (non-hydrogen) atoms. The number of rotatable bonds is 6. The first-order valence-electron chi connectivity index (χ1n) is 9.07. The van der Waals surface area contributed by atoms with E-state index in [1.807, 2.05) is 0 Å². The minimum atomic E-state index is -1.68. The molecule has 2 fully saturated rings. The number of benzene rings is 1. The molecule has 2 aliphatic rings. The number of non-ortho nitro benzene ring substituents is 1. The average Bonchev–Trinajstić information content (AvgIpc) is 2.74. The lowest BCUT2D eigenvalue weighted by molar-refractivity contribution is -0.384. The Kier molecular flexibility index (Phi) is 7.18. The fraction of sp³-hybridized carbons (Fsp3) is 0.647. The number of aliphatic hydroxyl groups is 6. The van der Waals surface area contributed by atoms with E-state index in [0.717, 1.165) is 0 Å². The maximum atomic E-state index is 10.7. The van der Waals surface area contributed by atoms with Gasteiger partial charge in [-0.05, 0) is 12.1 Å². The van der Waals surface area contributed by atoms with Crippen molar-refractivity contribution in [1.82, 2.24) is 0 Å². The van der Waals surface area contributed by atoms with E-state index in [0.29, 0.717) is 0 Å². The van der Waals surface area contributed by atoms with Gasteiger partial charge >= 0.3 is 0 Å². The lowest BCUT2D eigenvalue weighted by Crippen LogP contribution is -2.62. The van der Waals surface area contributed by atoms with Gasteiger partial charge in [-0.1, -0.05) is 0 Å². The van der Waals surface area contributed by atoms with Crippen molar-refractivity contribution in [2.75, 3.05) is 13.2 Å². The van der Waals surface area contributed by atoms with Crippen LogP contribution in [0, 0.1) is 10.1 Å². The van der Waals surface area contributed by atoms with Gasteiger partial charge in [0, 0.05) is 12.1 Å².